The van der Waals surface area contributed by atoms with E-state index in [2.05, 4.69) is 9.97 Å². The molecule has 0 aliphatic carbocycles. The van der Waals surface area contributed by atoms with Crippen LogP contribution in [-0.4, -0.2) is 9.97 Å². The van der Waals surface area contributed by atoms with Gasteiger partial charge in [0.2, 0.25) is 0 Å². The summed E-state index contributed by atoms with van der Waals surface area (Å²) in [6.45, 7) is 0. The molecule has 0 atom stereocenters. The van der Waals surface area contributed by atoms with Crippen LogP contribution in [-0.2, 0) is 12.8 Å². The van der Waals surface area contributed by atoms with Gasteiger partial charge in [-0.05, 0) is 37.1 Å². The molecule has 0 unspecified atom stereocenters. The molecule has 0 spiro atoms. The molecule has 0 aliphatic rings. The molecule has 2 aromatic heterocycles. The lowest BCUT2D eigenvalue weighted by atomic mass is 10.1. The third-order valence-electron chi connectivity index (χ3n) is 4.69. The average Bonchev–Trinajstić information content (AvgIpc) is 2.71. The summed E-state index contributed by atoms with van der Waals surface area (Å²) in [5, 5.41) is 1.02. The minimum atomic E-state index is -0.335. The standard InChI is InChI=1S/C22H20N2O4/c25-21-15-9-5-7-11-17(15)23-19(27-21)13-3-1-2-4-14-20-24-18-12-8-6-10-16(18)22(26)28-20/h5-12H,1-4,13-14H2. The molecule has 4 rings (SSSR count). The van der Waals surface area contributed by atoms with Crippen LogP contribution in [0.1, 0.15) is 37.5 Å². The molecule has 0 saturated carbocycles. The molecule has 6 nitrogen and oxygen atoms in total. The predicted octanol–water partition coefficient (Wildman–Crippen LogP) is 4.04. The smallest absolute Gasteiger partial charge is 0.346 e. The third kappa shape index (κ3) is 4.01. The van der Waals surface area contributed by atoms with Crippen molar-refractivity contribution in [1.29, 1.82) is 0 Å². The lowest BCUT2D eigenvalue weighted by molar-refractivity contribution is 0.424. The van der Waals surface area contributed by atoms with Gasteiger partial charge in [0.15, 0.2) is 11.8 Å². The van der Waals surface area contributed by atoms with E-state index < -0.39 is 0 Å². The van der Waals surface area contributed by atoms with Crippen LogP contribution < -0.4 is 11.3 Å². The Hall–Kier alpha value is -3.28. The first-order valence-electron chi connectivity index (χ1n) is 9.48. The number of rotatable bonds is 7. The van der Waals surface area contributed by atoms with Gasteiger partial charge in [0, 0.05) is 12.8 Å². The van der Waals surface area contributed by atoms with E-state index >= 15 is 0 Å². The van der Waals surface area contributed by atoms with E-state index in [0.29, 0.717) is 46.4 Å². The van der Waals surface area contributed by atoms with Crippen LogP contribution in [0.2, 0.25) is 0 Å². The third-order valence-corrected chi connectivity index (χ3v) is 4.69. The zero-order chi connectivity index (χ0) is 19.3. The SMILES string of the molecule is O=c1oc(CCCCCCc2nc3ccccc3c(=O)o2)nc2ccccc12. The molecule has 0 fully saturated rings. The molecule has 4 aromatic rings. The van der Waals surface area contributed by atoms with Crippen LogP contribution in [0, 0.1) is 0 Å². The summed E-state index contributed by atoms with van der Waals surface area (Å²) in [4.78, 5) is 32.8. The van der Waals surface area contributed by atoms with Gasteiger partial charge in [-0.1, -0.05) is 37.1 Å². The first kappa shape index (κ1) is 18.1. The van der Waals surface area contributed by atoms with E-state index in [1.54, 1.807) is 24.3 Å². The maximum absolute atomic E-state index is 12.0. The van der Waals surface area contributed by atoms with Crippen molar-refractivity contribution >= 4 is 21.8 Å². The van der Waals surface area contributed by atoms with E-state index in [9.17, 15) is 9.59 Å². The Labute approximate surface area is 160 Å². The highest BCUT2D eigenvalue weighted by Crippen LogP contribution is 2.12. The fraction of sp³-hybridized carbons (Fsp3) is 0.273. The first-order valence-corrected chi connectivity index (χ1v) is 9.48. The number of nitrogens with zero attached hydrogens (tertiary/aromatic N) is 2. The van der Waals surface area contributed by atoms with Crippen molar-refractivity contribution in [1.82, 2.24) is 9.97 Å². The molecule has 0 bridgehead atoms. The van der Waals surface area contributed by atoms with E-state index in [4.69, 9.17) is 8.83 Å². The summed E-state index contributed by atoms with van der Waals surface area (Å²) >= 11 is 0. The predicted molar refractivity (Wildman–Crippen MR) is 106 cm³/mol. The van der Waals surface area contributed by atoms with E-state index in [1.165, 1.54) is 0 Å². The highest BCUT2D eigenvalue weighted by atomic mass is 16.4. The number of aryl methyl sites for hydroxylation is 2. The number of fused-ring (bicyclic) bond motifs is 2. The van der Waals surface area contributed by atoms with Gasteiger partial charge in [-0.25, -0.2) is 19.6 Å². The van der Waals surface area contributed by atoms with Gasteiger partial charge >= 0.3 is 11.3 Å². The summed E-state index contributed by atoms with van der Waals surface area (Å²) in [7, 11) is 0. The Morgan fingerprint density at radius 1 is 0.607 bits per heavy atom. The van der Waals surface area contributed by atoms with Crippen molar-refractivity contribution in [2.75, 3.05) is 0 Å². The van der Waals surface area contributed by atoms with Crippen LogP contribution in [0.5, 0.6) is 0 Å². The first-order chi connectivity index (χ1) is 13.7. The zero-order valence-corrected chi connectivity index (χ0v) is 15.4. The molecule has 0 saturated heterocycles. The highest BCUT2D eigenvalue weighted by molar-refractivity contribution is 5.77. The van der Waals surface area contributed by atoms with Crippen LogP contribution in [0.25, 0.3) is 21.8 Å². The minimum Gasteiger partial charge on any atom is -0.408 e. The Balaban J connectivity index is 1.28. The van der Waals surface area contributed by atoms with Crippen molar-refractivity contribution in [2.24, 2.45) is 0 Å². The van der Waals surface area contributed by atoms with Crippen molar-refractivity contribution in [2.45, 2.75) is 38.5 Å². The molecule has 2 heterocycles. The quantitative estimate of drug-likeness (QED) is 0.453. The Bertz CT molecular complexity index is 1130. The van der Waals surface area contributed by atoms with Gasteiger partial charge in [0.25, 0.3) is 0 Å². The fourth-order valence-corrected chi connectivity index (χ4v) is 3.25. The van der Waals surface area contributed by atoms with Gasteiger partial charge in [0.1, 0.15) is 0 Å². The normalized spacial score (nSPS) is 11.3. The molecule has 2 aromatic carbocycles. The molecule has 28 heavy (non-hydrogen) atoms. The summed E-state index contributed by atoms with van der Waals surface area (Å²) in [5.74, 6) is 0.955. The molecule has 0 amide bonds. The highest BCUT2D eigenvalue weighted by Gasteiger charge is 2.07. The fourth-order valence-electron chi connectivity index (χ4n) is 3.25. The molecule has 0 radical (unpaired) electrons. The second-order valence-corrected chi connectivity index (χ2v) is 6.74. The van der Waals surface area contributed by atoms with Crippen molar-refractivity contribution in [3.05, 3.63) is 81.2 Å². The second-order valence-electron chi connectivity index (χ2n) is 6.74. The molecule has 0 N–H and O–H groups in total. The Morgan fingerprint density at radius 3 is 1.50 bits per heavy atom. The zero-order valence-electron chi connectivity index (χ0n) is 15.4. The van der Waals surface area contributed by atoms with Gasteiger partial charge in [0.05, 0.1) is 21.8 Å². The van der Waals surface area contributed by atoms with Crippen molar-refractivity contribution in [3.8, 4) is 0 Å². The Morgan fingerprint density at radius 2 is 1.04 bits per heavy atom. The van der Waals surface area contributed by atoms with Crippen LogP contribution in [0.3, 0.4) is 0 Å². The molecule has 6 heteroatoms. The number of unbranched alkanes of at least 4 members (excludes halogenated alkanes) is 3. The largest absolute Gasteiger partial charge is 0.408 e. The van der Waals surface area contributed by atoms with Crippen LogP contribution >= 0.6 is 0 Å². The molecular formula is C22H20N2O4. The maximum atomic E-state index is 12.0. The second kappa shape index (κ2) is 8.17. The van der Waals surface area contributed by atoms with Gasteiger partial charge in [-0.3, -0.25) is 0 Å². The van der Waals surface area contributed by atoms with Gasteiger partial charge in [-0.2, -0.15) is 0 Å². The summed E-state index contributed by atoms with van der Waals surface area (Å²) < 4.78 is 10.6. The molecular weight excluding hydrogens is 356 g/mol. The summed E-state index contributed by atoms with van der Waals surface area (Å²) in [6, 6.07) is 14.4. The molecule has 142 valence electrons. The van der Waals surface area contributed by atoms with E-state index in [1.807, 2.05) is 24.3 Å². The monoisotopic (exact) mass is 376 g/mol. The van der Waals surface area contributed by atoms with Gasteiger partial charge < -0.3 is 8.83 Å². The number of benzene rings is 2. The average molecular weight is 376 g/mol. The number of aromatic nitrogens is 2. The maximum Gasteiger partial charge on any atom is 0.346 e. The summed E-state index contributed by atoms with van der Waals surface area (Å²) in [6.07, 6.45) is 4.95. The van der Waals surface area contributed by atoms with Crippen LogP contribution in [0.4, 0.5) is 0 Å². The Kier molecular flexibility index (Phi) is 5.28. The lowest BCUT2D eigenvalue weighted by Gasteiger charge is -2.03. The van der Waals surface area contributed by atoms with Crippen LogP contribution in [0.15, 0.2) is 67.0 Å². The topological polar surface area (TPSA) is 86.2 Å². The van der Waals surface area contributed by atoms with Crippen molar-refractivity contribution in [3.63, 3.8) is 0 Å². The van der Waals surface area contributed by atoms with Crippen molar-refractivity contribution < 1.29 is 8.83 Å². The van der Waals surface area contributed by atoms with Gasteiger partial charge in [-0.15, -0.1) is 0 Å². The number of hydrogen-bond donors (Lipinski definition) is 0. The van der Waals surface area contributed by atoms with E-state index in [0.717, 1.165) is 25.7 Å². The number of para-hydroxylation sites is 2. The lowest BCUT2D eigenvalue weighted by Crippen LogP contribution is -2.05. The minimum absolute atomic E-state index is 0.335. The number of hydrogen-bond acceptors (Lipinski definition) is 6. The summed E-state index contributed by atoms with van der Waals surface area (Å²) in [5.41, 5.74) is 0.674. The molecule has 0 aliphatic heterocycles. The van der Waals surface area contributed by atoms with E-state index in [-0.39, 0.29) is 11.3 Å².